The molecule has 3 fully saturated rings. The molecule has 3 unspecified atom stereocenters. The normalized spacial score (nSPS) is 30.2. The van der Waals surface area contributed by atoms with Crippen LogP contribution in [0.2, 0.25) is 0 Å². The van der Waals surface area contributed by atoms with Crippen molar-refractivity contribution in [2.45, 2.75) is 76.5 Å². The summed E-state index contributed by atoms with van der Waals surface area (Å²) in [6.07, 6.45) is 7.95. The molecule has 3 saturated heterocycles. The fraction of sp³-hybridized carbons (Fsp3) is 0.696. The molecule has 4 heteroatoms. The van der Waals surface area contributed by atoms with Crippen LogP contribution in [-0.4, -0.2) is 42.0 Å². The summed E-state index contributed by atoms with van der Waals surface area (Å²) in [6, 6.07) is 12.5. The summed E-state index contributed by atoms with van der Waals surface area (Å²) in [5.41, 5.74) is 1.41. The minimum absolute atomic E-state index is 0.280. The number of hydrogen-bond acceptors (Lipinski definition) is 3. The first-order chi connectivity index (χ1) is 13.2. The quantitative estimate of drug-likeness (QED) is 0.808. The highest BCUT2D eigenvalue weighted by atomic mass is 16.1. The first kappa shape index (κ1) is 18.9. The highest BCUT2D eigenvalue weighted by molar-refractivity contribution is 5.76. The van der Waals surface area contributed by atoms with Gasteiger partial charge in [-0.1, -0.05) is 37.3 Å². The first-order valence-electron chi connectivity index (χ1n) is 11.0. The van der Waals surface area contributed by atoms with Crippen LogP contribution in [0.1, 0.15) is 57.4 Å². The Balaban J connectivity index is 1.26. The van der Waals surface area contributed by atoms with E-state index in [0.29, 0.717) is 36.4 Å². The summed E-state index contributed by atoms with van der Waals surface area (Å²) in [5.74, 6) is 1.49. The first-order valence-corrected chi connectivity index (χ1v) is 11.0. The van der Waals surface area contributed by atoms with Gasteiger partial charge in [-0.05, 0) is 69.0 Å². The van der Waals surface area contributed by atoms with Crippen LogP contribution in [-0.2, 0) is 11.3 Å². The zero-order valence-electron chi connectivity index (χ0n) is 16.7. The number of piperidine rings is 2. The number of carbonyl (C=O) groups is 1. The van der Waals surface area contributed by atoms with Crippen molar-refractivity contribution in [1.82, 2.24) is 15.5 Å². The largest absolute Gasteiger partial charge is 0.353 e. The molecule has 0 spiro atoms. The second kappa shape index (κ2) is 8.74. The maximum Gasteiger partial charge on any atom is 0.220 e. The van der Waals surface area contributed by atoms with Gasteiger partial charge in [0.2, 0.25) is 5.91 Å². The monoisotopic (exact) mass is 369 g/mol. The molecule has 3 heterocycles. The van der Waals surface area contributed by atoms with E-state index in [1.54, 1.807) is 0 Å². The predicted molar refractivity (Wildman–Crippen MR) is 109 cm³/mol. The minimum atomic E-state index is 0.280. The van der Waals surface area contributed by atoms with Gasteiger partial charge in [-0.25, -0.2) is 0 Å². The molecular weight excluding hydrogens is 334 g/mol. The molecule has 4 nitrogen and oxygen atoms in total. The van der Waals surface area contributed by atoms with Crippen molar-refractivity contribution < 1.29 is 4.79 Å². The Kier molecular flexibility index (Phi) is 6.14. The summed E-state index contributed by atoms with van der Waals surface area (Å²) in [7, 11) is 0. The second-order valence-corrected chi connectivity index (χ2v) is 9.05. The summed E-state index contributed by atoms with van der Waals surface area (Å²) in [5, 5.41) is 6.81. The van der Waals surface area contributed by atoms with Crippen molar-refractivity contribution in [2.24, 2.45) is 11.8 Å². The summed E-state index contributed by atoms with van der Waals surface area (Å²) in [4.78, 5) is 15.3. The molecule has 148 valence electrons. The van der Waals surface area contributed by atoms with E-state index in [2.05, 4.69) is 52.8 Å². The fourth-order valence-electron chi connectivity index (χ4n) is 5.60. The molecule has 2 N–H and O–H groups in total. The number of nitrogens with one attached hydrogen (secondary N) is 2. The lowest BCUT2D eigenvalue weighted by molar-refractivity contribution is -0.123. The average Bonchev–Trinajstić information content (AvgIpc) is 2.91. The molecular formula is C23H35N3O. The Labute approximate surface area is 164 Å². The lowest BCUT2D eigenvalue weighted by Gasteiger charge is -2.39. The molecule has 1 amide bonds. The van der Waals surface area contributed by atoms with Crippen LogP contribution in [0.15, 0.2) is 30.3 Å². The van der Waals surface area contributed by atoms with Gasteiger partial charge in [0.05, 0.1) is 0 Å². The highest BCUT2D eigenvalue weighted by Gasteiger charge is 2.41. The third-order valence-electron chi connectivity index (χ3n) is 7.15. The molecule has 0 radical (unpaired) electrons. The minimum Gasteiger partial charge on any atom is -0.353 e. The van der Waals surface area contributed by atoms with E-state index in [0.717, 1.165) is 32.5 Å². The van der Waals surface area contributed by atoms with Crippen LogP contribution in [0.5, 0.6) is 0 Å². The van der Waals surface area contributed by atoms with Crippen molar-refractivity contribution in [3.05, 3.63) is 35.9 Å². The Morgan fingerprint density at radius 3 is 2.44 bits per heavy atom. The number of benzene rings is 1. The zero-order chi connectivity index (χ0) is 18.6. The van der Waals surface area contributed by atoms with Gasteiger partial charge in [0.15, 0.2) is 0 Å². The van der Waals surface area contributed by atoms with Crippen molar-refractivity contribution in [1.29, 1.82) is 0 Å². The van der Waals surface area contributed by atoms with E-state index < -0.39 is 0 Å². The van der Waals surface area contributed by atoms with Crippen molar-refractivity contribution >= 4 is 5.91 Å². The van der Waals surface area contributed by atoms with E-state index in [4.69, 9.17) is 0 Å². The lowest BCUT2D eigenvalue weighted by atomic mass is 9.84. The Morgan fingerprint density at radius 1 is 1.11 bits per heavy atom. The fourth-order valence-corrected chi connectivity index (χ4v) is 5.60. The lowest BCUT2D eigenvalue weighted by Crippen LogP contribution is -2.50. The molecule has 3 aliphatic rings. The molecule has 0 saturated carbocycles. The molecule has 3 aliphatic heterocycles. The topological polar surface area (TPSA) is 44.4 Å². The SMILES string of the molecule is CC(CC(=O)NC1CC2CCC(C1)N2Cc1ccccc1)C1CCNCC1. The van der Waals surface area contributed by atoms with E-state index in [9.17, 15) is 4.79 Å². The van der Waals surface area contributed by atoms with Crippen LogP contribution >= 0.6 is 0 Å². The molecule has 1 aromatic carbocycles. The van der Waals surface area contributed by atoms with Crippen LogP contribution < -0.4 is 10.6 Å². The highest BCUT2D eigenvalue weighted by Crippen LogP contribution is 2.37. The average molecular weight is 370 g/mol. The number of rotatable bonds is 6. The van der Waals surface area contributed by atoms with Crippen LogP contribution in [0, 0.1) is 11.8 Å². The third-order valence-corrected chi connectivity index (χ3v) is 7.15. The van der Waals surface area contributed by atoms with E-state index >= 15 is 0 Å². The van der Waals surface area contributed by atoms with E-state index in [1.807, 2.05) is 0 Å². The molecule has 2 bridgehead atoms. The molecule has 27 heavy (non-hydrogen) atoms. The molecule has 0 aliphatic carbocycles. The Morgan fingerprint density at radius 2 is 1.78 bits per heavy atom. The van der Waals surface area contributed by atoms with Crippen LogP contribution in [0.25, 0.3) is 0 Å². The smallest absolute Gasteiger partial charge is 0.220 e. The van der Waals surface area contributed by atoms with Crippen molar-refractivity contribution in [2.75, 3.05) is 13.1 Å². The molecule has 0 aromatic heterocycles. The van der Waals surface area contributed by atoms with Crippen LogP contribution in [0.3, 0.4) is 0 Å². The number of nitrogens with zero attached hydrogens (tertiary/aromatic N) is 1. The van der Waals surface area contributed by atoms with Crippen molar-refractivity contribution in [3.8, 4) is 0 Å². The van der Waals surface area contributed by atoms with Gasteiger partial charge in [-0.3, -0.25) is 9.69 Å². The Hall–Kier alpha value is -1.39. The van der Waals surface area contributed by atoms with Gasteiger partial charge in [-0.2, -0.15) is 0 Å². The van der Waals surface area contributed by atoms with E-state index in [1.165, 1.54) is 31.2 Å². The Bertz CT molecular complexity index is 599. The van der Waals surface area contributed by atoms with Crippen molar-refractivity contribution in [3.63, 3.8) is 0 Å². The van der Waals surface area contributed by atoms with Gasteiger partial charge in [-0.15, -0.1) is 0 Å². The summed E-state index contributed by atoms with van der Waals surface area (Å²) >= 11 is 0. The summed E-state index contributed by atoms with van der Waals surface area (Å²) in [6.45, 7) is 5.55. The van der Waals surface area contributed by atoms with E-state index in [-0.39, 0.29) is 5.91 Å². The zero-order valence-corrected chi connectivity index (χ0v) is 16.7. The maximum absolute atomic E-state index is 12.6. The van der Waals surface area contributed by atoms with Gasteiger partial charge in [0.1, 0.15) is 0 Å². The standard InChI is InChI=1S/C23H35N3O/c1-17(19-9-11-24-12-10-19)13-23(27)25-20-14-21-7-8-22(15-20)26(21)16-18-5-3-2-4-6-18/h2-6,17,19-22,24H,7-16H2,1H3,(H,25,27). The third kappa shape index (κ3) is 4.72. The molecule has 1 aromatic rings. The van der Waals surface area contributed by atoms with Gasteiger partial charge >= 0.3 is 0 Å². The number of carbonyl (C=O) groups excluding carboxylic acids is 1. The predicted octanol–water partition coefficient (Wildman–Crippen LogP) is 3.32. The summed E-state index contributed by atoms with van der Waals surface area (Å²) < 4.78 is 0. The van der Waals surface area contributed by atoms with Gasteiger partial charge in [0.25, 0.3) is 0 Å². The number of hydrogen-bond donors (Lipinski definition) is 2. The van der Waals surface area contributed by atoms with Crippen LogP contribution in [0.4, 0.5) is 0 Å². The maximum atomic E-state index is 12.6. The number of amides is 1. The van der Waals surface area contributed by atoms with Gasteiger partial charge in [0, 0.05) is 31.1 Å². The molecule has 3 atom stereocenters. The van der Waals surface area contributed by atoms with Gasteiger partial charge < -0.3 is 10.6 Å². The molecule has 4 rings (SSSR count). The second-order valence-electron chi connectivity index (χ2n) is 9.05. The number of fused-ring (bicyclic) bond motifs is 2.